The van der Waals surface area contributed by atoms with E-state index in [2.05, 4.69) is 47.5 Å². The Balaban J connectivity index is 1.36. The summed E-state index contributed by atoms with van der Waals surface area (Å²) in [5, 5.41) is 34.7. The molecule has 2 aromatic rings. The second-order valence-corrected chi connectivity index (χ2v) is 13.7. The lowest BCUT2D eigenvalue weighted by Crippen LogP contribution is -2.74. The first-order valence-electron chi connectivity index (χ1n) is 13.5. The number of carboxylic acids is 1. The number of β-lactam (4-membered cyclic amide) rings is 1. The van der Waals surface area contributed by atoms with Crippen LogP contribution in [0.2, 0.25) is 0 Å². The summed E-state index contributed by atoms with van der Waals surface area (Å²) in [5.74, 6) is 0.0749. The number of nitrogens with one attached hydrogen (secondary N) is 3. The van der Waals surface area contributed by atoms with Gasteiger partial charge in [0.1, 0.15) is 28.1 Å². The summed E-state index contributed by atoms with van der Waals surface area (Å²) in [4.78, 5) is 72.0. The monoisotopic (exact) mass is 694 g/mol. The van der Waals surface area contributed by atoms with Crippen LogP contribution in [0.5, 0.6) is 0 Å². The molecule has 0 spiro atoms. The van der Waals surface area contributed by atoms with E-state index in [0.29, 0.717) is 11.6 Å². The zero-order valence-corrected chi connectivity index (χ0v) is 27.2. The van der Waals surface area contributed by atoms with Crippen LogP contribution in [0.25, 0.3) is 0 Å². The first-order valence-corrected chi connectivity index (χ1v) is 16.4. The average Bonchev–Trinajstić information content (AvgIpc) is 3.65. The maximum atomic E-state index is 13.2. The van der Waals surface area contributed by atoms with Crippen LogP contribution >= 0.6 is 34.9 Å². The van der Waals surface area contributed by atoms with E-state index in [1.807, 2.05) is 0 Å². The summed E-state index contributed by atoms with van der Waals surface area (Å²) in [6.45, 7) is 5.31. The van der Waals surface area contributed by atoms with E-state index in [1.165, 1.54) is 26.7 Å². The second kappa shape index (κ2) is 14.8. The van der Waals surface area contributed by atoms with Gasteiger partial charge in [0.05, 0.1) is 6.54 Å². The number of hydrogen-bond donors (Lipinski definition) is 4. The number of anilines is 1. The van der Waals surface area contributed by atoms with Crippen molar-refractivity contribution in [2.45, 2.75) is 49.5 Å². The van der Waals surface area contributed by atoms with Gasteiger partial charge in [-0.15, -0.1) is 34.6 Å². The molecule has 2 fully saturated rings. The Morgan fingerprint density at radius 3 is 2.85 bits per heavy atom. The molecule has 4 rings (SSSR count). The highest BCUT2D eigenvalue weighted by molar-refractivity contribution is 8.00. The number of carboxylic acid groups (broad SMARTS) is 1. The van der Waals surface area contributed by atoms with Crippen LogP contribution in [0.15, 0.2) is 15.7 Å². The summed E-state index contributed by atoms with van der Waals surface area (Å²) in [6, 6.07) is -0.953. The predicted octanol–water partition coefficient (Wildman–Crippen LogP) is -0.160. The number of nitrogens with zero attached hydrogens (tertiary/aromatic N) is 7. The van der Waals surface area contributed by atoms with Crippen molar-refractivity contribution in [3.63, 3.8) is 0 Å². The van der Waals surface area contributed by atoms with Gasteiger partial charge in [0.2, 0.25) is 17.5 Å². The summed E-state index contributed by atoms with van der Waals surface area (Å²) in [5.41, 5.74) is -2.15. The molecule has 246 valence electrons. The van der Waals surface area contributed by atoms with E-state index >= 15 is 0 Å². The SMILES string of the molecule is C#CCON=C(C(=O)NC1C(=O)N2CC(CSc3nnnn3CCNC(=O)OC(C)(C)C)(C(=O)O)CS[C@H]12)c1csc(NC=O)n1. The smallest absolute Gasteiger partial charge is 0.407 e. The van der Waals surface area contributed by atoms with Crippen LogP contribution < -0.4 is 16.0 Å². The lowest BCUT2D eigenvalue weighted by Gasteiger charge is -2.53. The standard InChI is InChI=1S/C25H30N10O8S3/c1-5-8-42-31-15(14-9-44-21(28-14)27-13-36)17(37)29-16-18(38)34-10-25(20(39)40,11-45-19(16)34)12-46-22-30-32-33-35(22)7-6-26-23(41)43-24(2,3)4/h1,9,13,16,19H,6-8,10-12H2,2-4H3,(H,26,41)(H,29,37)(H,39,40)(H,27,28,36)/t16?,19-,25?/m1/s1. The van der Waals surface area contributed by atoms with Gasteiger partial charge in [-0.2, -0.15) is 0 Å². The van der Waals surface area contributed by atoms with Gasteiger partial charge in [0.15, 0.2) is 17.5 Å². The highest BCUT2D eigenvalue weighted by Gasteiger charge is 2.57. The first kappa shape index (κ1) is 34.5. The molecule has 4 N–H and O–H groups in total. The predicted molar refractivity (Wildman–Crippen MR) is 166 cm³/mol. The molecule has 2 aromatic heterocycles. The normalized spacial score (nSPS) is 20.9. The maximum Gasteiger partial charge on any atom is 0.407 e. The van der Waals surface area contributed by atoms with Crippen LogP contribution in [0.1, 0.15) is 26.5 Å². The fourth-order valence-corrected chi connectivity index (χ4v) is 7.59. The Morgan fingerprint density at radius 2 is 2.15 bits per heavy atom. The molecule has 4 heterocycles. The average molecular weight is 695 g/mol. The van der Waals surface area contributed by atoms with Crippen LogP contribution in [0.3, 0.4) is 0 Å². The van der Waals surface area contributed by atoms with Crippen molar-refractivity contribution in [2.75, 3.05) is 36.5 Å². The first-order chi connectivity index (χ1) is 21.9. The number of thioether (sulfide) groups is 2. The molecular weight excluding hydrogens is 665 g/mol. The van der Waals surface area contributed by atoms with Gasteiger partial charge in [-0.1, -0.05) is 22.8 Å². The second-order valence-electron chi connectivity index (χ2n) is 10.8. The number of oxime groups is 1. The molecule has 0 bridgehead atoms. The fourth-order valence-electron chi connectivity index (χ4n) is 4.17. The van der Waals surface area contributed by atoms with Crippen LogP contribution in [-0.2, 0) is 35.3 Å². The molecule has 0 radical (unpaired) electrons. The number of carbonyl (C=O) groups excluding carboxylic acids is 4. The molecule has 2 aliphatic heterocycles. The number of rotatable bonds is 14. The Labute approximate surface area is 274 Å². The third-order valence-electron chi connectivity index (χ3n) is 6.30. The molecule has 21 heteroatoms. The third kappa shape index (κ3) is 8.24. The Morgan fingerprint density at radius 1 is 1.37 bits per heavy atom. The summed E-state index contributed by atoms with van der Waals surface area (Å²) in [6.07, 6.45) is 5.03. The number of carbonyl (C=O) groups is 5. The number of tetrazole rings is 1. The van der Waals surface area contributed by atoms with Crippen molar-refractivity contribution in [1.29, 1.82) is 0 Å². The number of ether oxygens (including phenoxy) is 1. The topological polar surface area (TPSA) is 232 Å². The number of thiazole rings is 1. The minimum absolute atomic E-state index is 0.0486. The van der Waals surface area contributed by atoms with E-state index in [0.717, 1.165) is 23.1 Å². The largest absolute Gasteiger partial charge is 0.481 e. The fraction of sp³-hybridized carbons (Fsp3) is 0.520. The summed E-state index contributed by atoms with van der Waals surface area (Å²) in [7, 11) is 0. The number of aliphatic carboxylic acids is 1. The molecule has 46 heavy (non-hydrogen) atoms. The molecule has 3 atom stereocenters. The lowest BCUT2D eigenvalue weighted by molar-refractivity contribution is -0.157. The van der Waals surface area contributed by atoms with E-state index in [4.69, 9.17) is 16.0 Å². The van der Waals surface area contributed by atoms with Crippen molar-refractivity contribution in [3.8, 4) is 12.3 Å². The highest BCUT2D eigenvalue weighted by atomic mass is 32.2. The number of aromatic nitrogens is 5. The maximum absolute atomic E-state index is 13.2. The molecule has 0 saturated carbocycles. The molecule has 0 aromatic carbocycles. The third-order valence-corrected chi connectivity index (χ3v) is 9.91. The van der Waals surface area contributed by atoms with Gasteiger partial charge >= 0.3 is 12.1 Å². The molecule has 2 unspecified atom stereocenters. The van der Waals surface area contributed by atoms with Crippen molar-refractivity contribution < 1.29 is 38.7 Å². The summed E-state index contributed by atoms with van der Waals surface area (Å²) < 4.78 is 6.64. The highest BCUT2D eigenvalue weighted by Crippen LogP contribution is 2.44. The van der Waals surface area contributed by atoms with Gasteiger partial charge in [0, 0.05) is 30.0 Å². The lowest BCUT2D eigenvalue weighted by atomic mass is 9.89. The molecule has 18 nitrogen and oxygen atoms in total. The molecular formula is C25H30N10O8S3. The van der Waals surface area contributed by atoms with E-state index in [-0.39, 0.29) is 54.3 Å². The van der Waals surface area contributed by atoms with Crippen molar-refractivity contribution >= 4 is 76.0 Å². The van der Waals surface area contributed by atoms with Gasteiger partial charge in [-0.3, -0.25) is 19.2 Å². The number of terminal acetylenes is 1. The molecule has 2 aliphatic rings. The molecule has 4 amide bonds. The minimum Gasteiger partial charge on any atom is -0.481 e. The summed E-state index contributed by atoms with van der Waals surface area (Å²) >= 11 is 3.39. The van der Waals surface area contributed by atoms with E-state index < -0.39 is 46.3 Å². The zero-order chi connectivity index (χ0) is 33.5. The number of fused-ring (bicyclic) bond motifs is 1. The van der Waals surface area contributed by atoms with Crippen LogP contribution in [0, 0.1) is 17.8 Å². The van der Waals surface area contributed by atoms with Crippen molar-refractivity contribution in [1.82, 2.24) is 40.7 Å². The van der Waals surface area contributed by atoms with Crippen molar-refractivity contribution in [2.24, 2.45) is 10.6 Å². The van der Waals surface area contributed by atoms with Crippen LogP contribution in [0.4, 0.5) is 9.93 Å². The van der Waals surface area contributed by atoms with E-state index in [9.17, 15) is 29.1 Å². The zero-order valence-electron chi connectivity index (χ0n) is 24.8. The van der Waals surface area contributed by atoms with E-state index in [1.54, 1.807) is 20.8 Å². The number of hydrogen-bond acceptors (Lipinski definition) is 15. The van der Waals surface area contributed by atoms with Crippen molar-refractivity contribution in [3.05, 3.63) is 11.1 Å². The quantitative estimate of drug-likeness (QED) is 0.0383. The van der Waals surface area contributed by atoms with Gasteiger partial charge in [0.25, 0.3) is 5.91 Å². The number of amides is 4. The Hall–Kier alpha value is -4.42. The van der Waals surface area contributed by atoms with Gasteiger partial charge in [-0.05, 0) is 31.2 Å². The minimum atomic E-state index is -1.33. The Kier molecular flexibility index (Phi) is 11.1. The van der Waals surface area contributed by atoms with Gasteiger partial charge in [-0.25, -0.2) is 14.5 Å². The number of alkyl carbamates (subject to hydrolysis) is 1. The Bertz CT molecular complexity index is 1550. The van der Waals surface area contributed by atoms with Crippen LogP contribution in [-0.4, -0.2) is 119 Å². The molecule has 2 saturated heterocycles. The molecule has 0 aliphatic carbocycles. The van der Waals surface area contributed by atoms with Gasteiger partial charge < -0.3 is 35.5 Å².